The van der Waals surface area contributed by atoms with Crippen molar-refractivity contribution in [3.8, 4) is 0 Å². The van der Waals surface area contributed by atoms with Gasteiger partial charge in [-0.1, -0.05) is 0 Å². The van der Waals surface area contributed by atoms with E-state index in [1.165, 1.54) is 12.1 Å². The average Bonchev–Trinajstić information content (AvgIpc) is 2.44. The first kappa shape index (κ1) is 17.3. The Morgan fingerprint density at radius 2 is 2.10 bits per heavy atom. The molecule has 0 amide bonds. The number of ether oxygens (including phenoxy) is 1. The normalized spacial score (nSPS) is 12.9. The number of nitro groups is 1. The number of nitrogens with zero attached hydrogens (tertiary/aromatic N) is 1. The first-order chi connectivity index (χ1) is 9.81. The minimum Gasteiger partial charge on any atom is -0.387 e. The SMILES string of the molecule is CCOC(C)CNS(=O)(=O)c1cc([N+](=O)[O-])ccc1NC. The highest BCUT2D eigenvalue weighted by Crippen LogP contribution is 2.25. The molecule has 0 aliphatic rings. The van der Waals surface area contributed by atoms with Crippen molar-refractivity contribution in [3.63, 3.8) is 0 Å². The van der Waals surface area contributed by atoms with Crippen LogP contribution < -0.4 is 10.0 Å². The van der Waals surface area contributed by atoms with Gasteiger partial charge in [0, 0.05) is 32.3 Å². The minimum atomic E-state index is -3.87. The van der Waals surface area contributed by atoms with Crippen LogP contribution in [0.4, 0.5) is 11.4 Å². The topological polar surface area (TPSA) is 111 Å². The van der Waals surface area contributed by atoms with Gasteiger partial charge in [0.1, 0.15) is 4.90 Å². The number of anilines is 1. The molecule has 0 aromatic heterocycles. The Labute approximate surface area is 123 Å². The molecule has 0 aliphatic heterocycles. The lowest BCUT2D eigenvalue weighted by molar-refractivity contribution is -0.385. The van der Waals surface area contributed by atoms with Gasteiger partial charge in [-0.25, -0.2) is 13.1 Å². The van der Waals surface area contributed by atoms with E-state index in [2.05, 4.69) is 10.0 Å². The van der Waals surface area contributed by atoms with E-state index in [-0.39, 0.29) is 28.9 Å². The van der Waals surface area contributed by atoms with Gasteiger partial charge in [0.05, 0.1) is 16.7 Å². The fourth-order valence-electron chi connectivity index (χ4n) is 1.70. The Bertz CT molecular complexity index is 603. The van der Waals surface area contributed by atoms with Gasteiger partial charge in [0.15, 0.2) is 0 Å². The van der Waals surface area contributed by atoms with E-state index in [9.17, 15) is 18.5 Å². The third kappa shape index (κ3) is 4.66. The monoisotopic (exact) mass is 317 g/mol. The predicted octanol–water partition coefficient (Wildman–Crippen LogP) is 1.34. The van der Waals surface area contributed by atoms with Crippen LogP contribution in [0.5, 0.6) is 0 Å². The summed E-state index contributed by atoms with van der Waals surface area (Å²) in [5.74, 6) is 0. The second kappa shape index (κ2) is 7.34. The van der Waals surface area contributed by atoms with E-state index in [1.807, 2.05) is 6.92 Å². The van der Waals surface area contributed by atoms with Crippen molar-refractivity contribution in [1.82, 2.24) is 4.72 Å². The van der Waals surface area contributed by atoms with Gasteiger partial charge in [-0.2, -0.15) is 0 Å². The molecule has 118 valence electrons. The second-order valence-electron chi connectivity index (χ2n) is 4.31. The molecule has 0 fully saturated rings. The molecule has 21 heavy (non-hydrogen) atoms. The van der Waals surface area contributed by atoms with Crippen molar-refractivity contribution >= 4 is 21.4 Å². The quantitative estimate of drug-likeness (QED) is 0.553. The van der Waals surface area contributed by atoms with Gasteiger partial charge in [-0.15, -0.1) is 0 Å². The molecule has 1 rings (SSSR count). The molecule has 9 heteroatoms. The lowest BCUT2D eigenvalue weighted by Gasteiger charge is -2.14. The summed E-state index contributed by atoms with van der Waals surface area (Å²) in [5.41, 5.74) is 0.00407. The summed E-state index contributed by atoms with van der Waals surface area (Å²) in [7, 11) is -2.32. The zero-order valence-corrected chi connectivity index (χ0v) is 12.9. The molecule has 2 N–H and O–H groups in total. The maximum atomic E-state index is 12.3. The van der Waals surface area contributed by atoms with E-state index >= 15 is 0 Å². The predicted molar refractivity (Wildman–Crippen MR) is 78.9 cm³/mol. The lowest BCUT2D eigenvalue weighted by atomic mass is 10.3. The summed E-state index contributed by atoms with van der Waals surface area (Å²) in [4.78, 5) is 9.98. The van der Waals surface area contributed by atoms with E-state index in [1.54, 1.807) is 14.0 Å². The maximum absolute atomic E-state index is 12.3. The van der Waals surface area contributed by atoms with Gasteiger partial charge < -0.3 is 10.1 Å². The second-order valence-corrected chi connectivity index (χ2v) is 6.04. The summed E-state index contributed by atoms with van der Waals surface area (Å²) in [6.45, 7) is 4.10. The molecular weight excluding hydrogens is 298 g/mol. The van der Waals surface area contributed by atoms with Crippen LogP contribution in [0.2, 0.25) is 0 Å². The maximum Gasteiger partial charge on any atom is 0.270 e. The van der Waals surface area contributed by atoms with Gasteiger partial charge in [-0.3, -0.25) is 10.1 Å². The van der Waals surface area contributed by atoms with Gasteiger partial charge in [-0.05, 0) is 19.9 Å². The van der Waals surface area contributed by atoms with E-state index in [0.29, 0.717) is 6.61 Å². The Hall–Kier alpha value is -1.71. The van der Waals surface area contributed by atoms with Crippen molar-refractivity contribution in [2.45, 2.75) is 24.8 Å². The van der Waals surface area contributed by atoms with Crippen molar-refractivity contribution in [2.24, 2.45) is 0 Å². The third-order valence-electron chi connectivity index (χ3n) is 2.75. The molecule has 0 spiro atoms. The molecule has 1 unspecified atom stereocenters. The Morgan fingerprint density at radius 1 is 1.43 bits per heavy atom. The summed E-state index contributed by atoms with van der Waals surface area (Å²) in [6, 6.07) is 3.63. The van der Waals surface area contributed by atoms with E-state index in [0.717, 1.165) is 6.07 Å². The van der Waals surface area contributed by atoms with Crippen LogP contribution >= 0.6 is 0 Å². The molecule has 0 bridgehead atoms. The largest absolute Gasteiger partial charge is 0.387 e. The first-order valence-electron chi connectivity index (χ1n) is 6.39. The zero-order valence-electron chi connectivity index (χ0n) is 12.1. The zero-order chi connectivity index (χ0) is 16.0. The highest BCUT2D eigenvalue weighted by molar-refractivity contribution is 7.89. The fraction of sp³-hybridized carbons (Fsp3) is 0.500. The summed E-state index contributed by atoms with van der Waals surface area (Å²) in [5, 5.41) is 13.5. The number of nitro benzene ring substituents is 1. The molecule has 0 radical (unpaired) electrons. The van der Waals surface area contributed by atoms with Gasteiger partial charge in [0.25, 0.3) is 5.69 Å². The highest BCUT2D eigenvalue weighted by atomic mass is 32.2. The van der Waals surface area contributed by atoms with Gasteiger partial charge >= 0.3 is 0 Å². The van der Waals surface area contributed by atoms with Gasteiger partial charge in [0.2, 0.25) is 10.0 Å². The van der Waals surface area contributed by atoms with Crippen LogP contribution in [0, 0.1) is 10.1 Å². The number of rotatable bonds is 8. The lowest BCUT2D eigenvalue weighted by Crippen LogP contribution is -2.32. The van der Waals surface area contributed by atoms with E-state index in [4.69, 9.17) is 4.74 Å². The highest BCUT2D eigenvalue weighted by Gasteiger charge is 2.22. The van der Waals surface area contributed by atoms with Crippen molar-refractivity contribution in [1.29, 1.82) is 0 Å². The van der Waals surface area contributed by atoms with Crippen LogP contribution in [0.25, 0.3) is 0 Å². The number of hydrogen-bond acceptors (Lipinski definition) is 6. The number of non-ortho nitro benzene ring substituents is 1. The van der Waals surface area contributed by atoms with Crippen LogP contribution in [-0.4, -0.2) is 39.6 Å². The average molecular weight is 317 g/mol. The molecule has 0 heterocycles. The first-order valence-corrected chi connectivity index (χ1v) is 7.87. The summed E-state index contributed by atoms with van der Waals surface area (Å²) in [6.07, 6.45) is -0.290. The Kier molecular flexibility index (Phi) is 6.06. The van der Waals surface area contributed by atoms with Crippen molar-refractivity contribution < 1.29 is 18.1 Å². The number of sulfonamides is 1. The summed E-state index contributed by atoms with van der Waals surface area (Å²) >= 11 is 0. The number of hydrogen-bond donors (Lipinski definition) is 2. The molecule has 1 aromatic rings. The van der Waals surface area contributed by atoms with Crippen molar-refractivity contribution in [3.05, 3.63) is 28.3 Å². The Balaban J connectivity index is 3.05. The third-order valence-corrected chi connectivity index (χ3v) is 4.21. The standard InChI is InChI=1S/C12H19N3O5S/c1-4-20-9(2)8-14-21(18,19)12-7-10(15(16)17)5-6-11(12)13-3/h5-7,9,13-14H,4,8H2,1-3H3. The molecule has 1 atom stereocenters. The number of benzene rings is 1. The fourth-order valence-corrected chi connectivity index (χ4v) is 3.05. The molecule has 0 saturated heterocycles. The molecule has 1 aromatic carbocycles. The number of nitrogens with one attached hydrogen (secondary N) is 2. The van der Waals surface area contributed by atoms with Crippen molar-refractivity contribution in [2.75, 3.05) is 25.5 Å². The van der Waals surface area contributed by atoms with Crippen LogP contribution in [0.3, 0.4) is 0 Å². The Morgan fingerprint density at radius 3 is 2.62 bits per heavy atom. The molecular formula is C12H19N3O5S. The van der Waals surface area contributed by atoms with Crippen LogP contribution in [0.1, 0.15) is 13.8 Å². The minimum absolute atomic E-state index is 0.0853. The summed E-state index contributed by atoms with van der Waals surface area (Å²) < 4.78 is 32.2. The van der Waals surface area contributed by atoms with E-state index < -0.39 is 14.9 Å². The van der Waals surface area contributed by atoms with Crippen LogP contribution in [0.15, 0.2) is 23.1 Å². The van der Waals surface area contributed by atoms with Crippen LogP contribution in [-0.2, 0) is 14.8 Å². The smallest absolute Gasteiger partial charge is 0.270 e. The molecule has 8 nitrogen and oxygen atoms in total. The molecule has 0 aliphatic carbocycles. The molecule has 0 saturated carbocycles.